The van der Waals surface area contributed by atoms with Crippen LogP contribution in [0, 0.1) is 0 Å². The van der Waals surface area contributed by atoms with Gasteiger partial charge in [0.2, 0.25) is 5.91 Å². The van der Waals surface area contributed by atoms with Crippen LogP contribution in [0.1, 0.15) is 12.5 Å². The van der Waals surface area contributed by atoms with Gasteiger partial charge in [-0.1, -0.05) is 19.1 Å². The molecule has 1 saturated heterocycles. The summed E-state index contributed by atoms with van der Waals surface area (Å²) >= 11 is 1.67. The molecule has 8 heteroatoms. The molecule has 0 atom stereocenters. The van der Waals surface area contributed by atoms with Crippen molar-refractivity contribution in [2.45, 2.75) is 18.4 Å². The van der Waals surface area contributed by atoms with E-state index in [0.29, 0.717) is 13.0 Å². The van der Waals surface area contributed by atoms with Gasteiger partial charge in [0.1, 0.15) is 5.03 Å². The fraction of sp³-hybridized carbons (Fsp3) is 0.409. The summed E-state index contributed by atoms with van der Waals surface area (Å²) in [6.07, 6.45) is 2.14. The monoisotopic (exact) mass is 425 g/mol. The number of piperazine rings is 1. The Morgan fingerprint density at radius 1 is 1.07 bits per heavy atom. The molecule has 3 heterocycles. The number of benzene rings is 1. The molecule has 30 heavy (non-hydrogen) atoms. The maximum absolute atomic E-state index is 12.8. The normalized spacial score (nSPS) is 16.8. The summed E-state index contributed by atoms with van der Waals surface area (Å²) in [4.78, 5) is 35.7. The molecule has 0 bridgehead atoms. The number of amides is 3. The van der Waals surface area contributed by atoms with E-state index in [2.05, 4.69) is 22.1 Å². The number of carbonyl (C=O) groups excluding carboxylic acids is 2. The molecule has 1 aromatic heterocycles. The minimum atomic E-state index is -0.165. The second kappa shape index (κ2) is 9.49. The second-order valence-electron chi connectivity index (χ2n) is 7.45. The van der Waals surface area contributed by atoms with E-state index in [0.717, 1.165) is 60.4 Å². The van der Waals surface area contributed by atoms with E-state index in [4.69, 9.17) is 0 Å². The number of pyridine rings is 1. The third-order valence-electron chi connectivity index (χ3n) is 5.57. The highest BCUT2D eigenvalue weighted by atomic mass is 32.2. The van der Waals surface area contributed by atoms with Crippen molar-refractivity contribution in [3.8, 4) is 0 Å². The van der Waals surface area contributed by atoms with E-state index >= 15 is 0 Å². The number of hydrogen-bond donors (Lipinski definition) is 1. The van der Waals surface area contributed by atoms with E-state index < -0.39 is 0 Å². The molecule has 0 saturated carbocycles. The van der Waals surface area contributed by atoms with E-state index in [1.807, 2.05) is 41.3 Å². The minimum absolute atomic E-state index is 0.164. The number of nitrogens with zero attached hydrogens (tertiary/aromatic N) is 4. The molecule has 1 aromatic carbocycles. The Morgan fingerprint density at radius 3 is 2.57 bits per heavy atom. The van der Waals surface area contributed by atoms with Crippen molar-refractivity contribution in [1.29, 1.82) is 0 Å². The zero-order valence-electron chi connectivity index (χ0n) is 17.2. The highest BCUT2D eigenvalue weighted by Crippen LogP contribution is 2.32. The molecular formula is C22H27N5O2S. The van der Waals surface area contributed by atoms with Crippen molar-refractivity contribution < 1.29 is 9.59 Å². The van der Waals surface area contributed by atoms with E-state index in [-0.39, 0.29) is 11.9 Å². The average Bonchev–Trinajstić information content (AvgIpc) is 2.80. The van der Waals surface area contributed by atoms with Crippen LogP contribution >= 0.6 is 11.8 Å². The molecule has 7 nitrogen and oxygen atoms in total. The number of rotatable bonds is 4. The number of thioether (sulfide) groups is 1. The first kappa shape index (κ1) is 20.7. The van der Waals surface area contributed by atoms with Gasteiger partial charge in [-0.05, 0) is 36.4 Å². The van der Waals surface area contributed by atoms with Crippen LogP contribution in [0.5, 0.6) is 0 Å². The summed E-state index contributed by atoms with van der Waals surface area (Å²) in [5.74, 6) is 0.989. The van der Waals surface area contributed by atoms with Gasteiger partial charge in [0.25, 0.3) is 0 Å². The van der Waals surface area contributed by atoms with Crippen molar-refractivity contribution >= 4 is 35.1 Å². The second-order valence-corrected chi connectivity index (χ2v) is 8.53. The van der Waals surface area contributed by atoms with Gasteiger partial charge in [-0.25, -0.2) is 9.78 Å². The average molecular weight is 426 g/mol. The SMILES string of the molecule is CCN1CCN(C(=O)Cc2ccc(NC(=O)N3CCSc4ncccc43)cc2)CC1. The molecule has 3 amide bonds. The van der Waals surface area contributed by atoms with Gasteiger partial charge in [0.15, 0.2) is 0 Å². The molecule has 2 aliphatic heterocycles. The maximum atomic E-state index is 12.8. The highest BCUT2D eigenvalue weighted by Gasteiger charge is 2.24. The Bertz CT molecular complexity index is 897. The van der Waals surface area contributed by atoms with Crippen LogP contribution in [0.4, 0.5) is 16.2 Å². The molecule has 2 aliphatic rings. The minimum Gasteiger partial charge on any atom is -0.340 e. The first-order valence-electron chi connectivity index (χ1n) is 10.4. The zero-order chi connectivity index (χ0) is 20.9. The predicted molar refractivity (Wildman–Crippen MR) is 120 cm³/mol. The Kier molecular flexibility index (Phi) is 6.54. The molecule has 2 aromatic rings. The van der Waals surface area contributed by atoms with Gasteiger partial charge in [0.05, 0.1) is 12.1 Å². The third-order valence-corrected chi connectivity index (χ3v) is 6.55. The summed E-state index contributed by atoms with van der Waals surface area (Å²) in [6, 6.07) is 11.1. The van der Waals surface area contributed by atoms with Crippen molar-refractivity contribution in [3.05, 3.63) is 48.2 Å². The van der Waals surface area contributed by atoms with Crippen LogP contribution in [-0.4, -0.2) is 71.7 Å². The van der Waals surface area contributed by atoms with Gasteiger partial charge >= 0.3 is 6.03 Å². The number of aromatic nitrogens is 1. The lowest BCUT2D eigenvalue weighted by Crippen LogP contribution is -2.48. The number of nitrogens with one attached hydrogen (secondary N) is 1. The maximum Gasteiger partial charge on any atom is 0.326 e. The molecule has 0 aliphatic carbocycles. The molecular weight excluding hydrogens is 398 g/mol. The summed E-state index contributed by atoms with van der Waals surface area (Å²) in [6.45, 7) is 7.32. The van der Waals surface area contributed by atoms with Crippen LogP contribution in [0.15, 0.2) is 47.6 Å². The summed E-state index contributed by atoms with van der Waals surface area (Å²) in [5.41, 5.74) is 2.52. The number of anilines is 2. The van der Waals surface area contributed by atoms with Crippen LogP contribution < -0.4 is 10.2 Å². The number of likely N-dealkylation sites (N-methyl/N-ethyl adjacent to an activating group) is 1. The molecule has 4 rings (SSSR count). The van der Waals surface area contributed by atoms with Gasteiger partial charge in [-0.2, -0.15) is 0 Å². The predicted octanol–water partition coefficient (Wildman–Crippen LogP) is 2.93. The zero-order valence-corrected chi connectivity index (χ0v) is 18.0. The Hall–Kier alpha value is -2.58. The van der Waals surface area contributed by atoms with Crippen molar-refractivity contribution in [1.82, 2.24) is 14.8 Å². The van der Waals surface area contributed by atoms with Gasteiger partial charge in [-0.3, -0.25) is 9.69 Å². The van der Waals surface area contributed by atoms with Crippen LogP contribution in [0.3, 0.4) is 0 Å². The van der Waals surface area contributed by atoms with Gasteiger partial charge in [0, 0.05) is 50.4 Å². The van der Waals surface area contributed by atoms with E-state index in [9.17, 15) is 9.59 Å². The molecule has 0 spiro atoms. The molecule has 0 radical (unpaired) electrons. The first-order valence-corrected chi connectivity index (χ1v) is 11.4. The lowest BCUT2D eigenvalue weighted by Gasteiger charge is -2.34. The number of fused-ring (bicyclic) bond motifs is 1. The van der Waals surface area contributed by atoms with Crippen molar-refractivity contribution in [2.75, 3.05) is 55.2 Å². The van der Waals surface area contributed by atoms with E-state index in [1.165, 1.54) is 0 Å². The van der Waals surface area contributed by atoms with E-state index in [1.54, 1.807) is 22.9 Å². The number of urea groups is 1. The van der Waals surface area contributed by atoms with Crippen molar-refractivity contribution in [3.63, 3.8) is 0 Å². The fourth-order valence-corrected chi connectivity index (χ4v) is 4.69. The molecule has 0 unspecified atom stereocenters. The third kappa shape index (κ3) is 4.76. The van der Waals surface area contributed by atoms with Crippen LogP contribution in [0.2, 0.25) is 0 Å². The summed E-state index contributed by atoms with van der Waals surface area (Å²) in [5, 5.41) is 3.84. The van der Waals surface area contributed by atoms with Gasteiger partial charge in [-0.15, -0.1) is 11.8 Å². The Balaban J connectivity index is 1.33. The topological polar surface area (TPSA) is 68.8 Å². The molecule has 1 fully saturated rings. The van der Waals surface area contributed by atoms with Gasteiger partial charge < -0.3 is 15.1 Å². The summed E-state index contributed by atoms with van der Waals surface area (Å²) in [7, 11) is 0. The standard InChI is InChI=1S/C22H27N5O2S/c1-2-25-10-12-26(13-11-25)20(28)16-17-5-7-18(8-6-17)24-22(29)27-14-15-30-21-19(27)4-3-9-23-21/h3-9H,2,10-16H2,1H3,(H,24,29). The lowest BCUT2D eigenvalue weighted by molar-refractivity contribution is -0.132. The summed E-state index contributed by atoms with van der Waals surface area (Å²) < 4.78 is 0. The highest BCUT2D eigenvalue weighted by molar-refractivity contribution is 7.99. The number of hydrogen-bond acceptors (Lipinski definition) is 5. The van der Waals surface area contributed by atoms with Crippen LogP contribution in [0.25, 0.3) is 0 Å². The quantitative estimate of drug-likeness (QED) is 0.816. The molecule has 158 valence electrons. The Labute approximate surface area is 181 Å². The smallest absolute Gasteiger partial charge is 0.326 e. The van der Waals surface area contributed by atoms with Crippen molar-refractivity contribution in [2.24, 2.45) is 0 Å². The fourth-order valence-electron chi connectivity index (χ4n) is 3.76. The Morgan fingerprint density at radius 2 is 1.83 bits per heavy atom. The first-order chi connectivity index (χ1) is 14.6. The number of carbonyl (C=O) groups is 2. The lowest BCUT2D eigenvalue weighted by atomic mass is 10.1. The van der Waals surface area contributed by atoms with Crippen LogP contribution in [-0.2, 0) is 11.2 Å². The largest absolute Gasteiger partial charge is 0.340 e. The molecule has 1 N–H and O–H groups in total.